The molecule has 1 atom stereocenters. The Bertz CT molecular complexity index is 760. The largest absolute Gasteiger partial charge is 0.497 e. The van der Waals surface area contributed by atoms with Crippen LogP contribution in [0.1, 0.15) is 38.0 Å². The Hall–Kier alpha value is -2.95. The van der Waals surface area contributed by atoms with Crippen LogP contribution in [-0.2, 0) is 0 Å². The van der Waals surface area contributed by atoms with Crippen LogP contribution in [0, 0.1) is 0 Å². The van der Waals surface area contributed by atoms with Crippen LogP contribution in [0.15, 0.2) is 48.5 Å². The quantitative estimate of drug-likeness (QED) is 0.643. The Balaban J connectivity index is 1.88. The van der Waals surface area contributed by atoms with E-state index < -0.39 is 17.9 Å². The van der Waals surface area contributed by atoms with Gasteiger partial charge in [-0.3, -0.25) is 19.3 Å². The summed E-state index contributed by atoms with van der Waals surface area (Å²) in [5.41, 5.74) is 1.11. The van der Waals surface area contributed by atoms with Crippen molar-refractivity contribution >= 4 is 17.6 Å². The summed E-state index contributed by atoms with van der Waals surface area (Å²) < 4.78 is 5.06. The minimum atomic E-state index is -0.865. The molecule has 0 saturated heterocycles. The molecule has 23 heavy (non-hydrogen) atoms. The second kappa shape index (κ2) is 5.68. The van der Waals surface area contributed by atoms with Gasteiger partial charge in [-0.05, 0) is 43.3 Å². The summed E-state index contributed by atoms with van der Waals surface area (Å²) in [5.74, 6) is -0.517. The van der Waals surface area contributed by atoms with Crippen LogP contribution in [-0.4, -0.2) is 35.6 Å². The van der Waals surface area contributed by atoms with E-state index in [1.807, 2.05) is 0 Å². The van der Waals surface area contributed by atoms with E-state index in [2.05, 4.69) is 0 Å². The molecule has 3 rings (SSSR count). The molecule has 0 aromatic heterocycles. The van der Waals surface area contributed by atoms with Gasteiger partial charge in [0.05, 0.1) is 18.2 Å². The molecule has 0 bridgehead atoms. The van der Waals surface area contributed by atoms with Crippen molar-refractivity contribution in [1.82, 2.24) is 4.90 Å². The molecule has 1 aliphatic heterocycles. The van der Waals surface area contributed by atoms with Crippen molar-refractivity contribution < 1.29 is 19.1 Å². The Morgan fingerprint density at radius 2 is 1.48 bits per heavy atom. The van der Waals surface area contributed by atoms with Crippen LogP contribution in [0.2, 0.25) is 0 Å². The Labute approximate surface area is 133 Å². The number of fused-ring (bicyclic) bond motifs is 1. The molecular weight excluding hydrogens is 294 g/mol. The number of rotatable bonds is 4. The maximum absolute atomic E-state index is 12.6. The van der Waals surface area contributed by atoms with Gasteiger partial charge in [0.1, 0.15) is 11.8 Å². The Morgan fingerprint density at radius 1 is 0.957 bits per heavy atom. The van der Waals surface area contributed by atoms with Crippen molar-refractivity contribution in [2.24, 2.45) is 0 Å². The number of carbonyl (C=O) groups is 3. The molecule has 0 saturated carbocycles. The molecule has 0 radical (unpaired) electrons. The predicted octanol–water partition coefficient (Wildman–Crippen LogP) is 2.56. The molecule has 2 amide bonds. The third kappa shape index (κ3) is 2.40. The molecule has 5 nitrogen and oxygen atoms in total. The van der Waals surface area contributed by atoms with Crippen molar-refractivity contribution in [1.29, 1.82) is 0 Å². The van der Waals surface area contributed by atoms with Crippen LogP contribution in [0.3, 0.4) is 0 Å². The highest BCUT2D eigenvalue weighted by atomic mass is 16.5. The third-order valence-corrected chi connectivity index (χ3v) is 3.97. The summed E-state index contributed by atoms with van der Waals surface area (Å²) in [6.07, 6.45) is 0. The lowest BCUT2D eigenvalue weighted by molar-refractivity contribution is 0.0555. The Kier molecular flexibility index (Phi) is 3.70. The number of nitrogens with zero attached hydrogens (tertiary/aromatic N) is 1. The van der Waals surface area contributed by atoms with E-state index in [-0.39, 0.29) is 5.78 Å². The van der Waals surface area contributed by atoms with Crippen molar-refractivity contribution in [3.8, 4) is 5.75 Å². The molecule has 0 spiro atoms. The van der Waals surface area contributed by atoms with Crippen LogP contribution < -0.4 is 4.74 Å². The molecule has 0 aliphatic carbocycles. The second-order valence-corrected chi connectivity index (χ2v) is 5.29. The summed E-state index contributed by atoms with van der Waals surface area (Å²) in [6, 6.07) is 12.3. The van der Waals surface area contributed by atoms with E-state index in [1.165, 1.54) is 7.11 Å². The van der Waals surface area contributed by atoms with Crippen molar-refractivity contribution in [3.05, 3.63) is 65.2 Å². The molecular formula is C18H15NO4. The molecule has 2 aromatic carbocycles. The first-order valence-electron chi connectivity index (χ1n) is 7.19. The van der Waals surface area contributed by atoms with E-state index in [1.54, 1.807) is 55.5 Å². The van der Waals surface area contributed by atoms with Gasteiger partial charge < -0.3 is 4.74 Å². The fraction of sp³-hybridized carbons (Fsp3) is 0.167. The number of hydrogen-bond donors (Lipinski definition) is 0. The van der Waals surface area contributed by atoms with Crippen LogP contribution in [0.25, 0.3) is 0 Å². The summed E-state index contributed by atoms with van der Waals surface area (Å²) in [6.45, 7) is 1.56. The van der Waals surface area contributed by atoms with Gasteiger partial charge in [-0.15, -0.1) is 0 Å². The van der Waals surface area contributed by atoms with E-state index in [0.717, 1.165) is 4.90 Å². The number of methoxy groups -OCH3 is 1. The number of carbonyl (C=O) groups excluding carboxylic acids is 3. The van der Waals surface area contributed by atoms with Gasteiger partial charge in [-0.1, -0.05) is 12.1 Å². The maximum atomic E-state index is 12.6. The van der Waals surface area contributed by atoms with Crippen molar-refractivity contribution in [3.63, 3.8) is 0 Å². The lowest BCUT2D eigenvalue weighted by Crippen LogP contribution is -2.42. The standard InChI is InChI=1S/C18H15NO4/c1-11(16(20)12-7-9-13(23-2)10-8-12)19-17(21)14-5-3-4-6-15(14)18(19)22/h3-11H,1-2H3/t11-/m0/s1. The number of benzene rings is 2. The smallest absolute Gasteiger partial charge is 0.262 e. The van der Waals surface area contributed by atoms with Crippen molar-refractivity contribution in [2.75, 3.05) is 7.11 Å². The normalized spacial score (nSPS) is 14.6. The third-order valence-electron chi connectivity index (χ3n) is 3.97. The second-order valence-electron chi connectivity index (χ2n) is 5.29. The van der Waals surface area contributed by atoms with Gasteiger partial charge in [-0.25, -0.2) is 0 Å². The molecule has 0 fully saturated rings. The van der Waals surface area contributed by atoms with Gasteiger partial charge in [0.2, 0.25) is 0 Å². The van der Waals surface area contributed by atoms with E-state index >= 15 is 0 Å². The first-order chi connectivity index (χ1) is 11.0. The lowest BCUT2D eigenvalue weighted by atomic mass is 10.0. The van der Waals surface area contributed by atoms with Gasteiger partial charge in [-0.2, -0.15) is 0 Å². The SMILES string of the molecule is COc1ccc(C(=O)[C@H](C)N2C(=O)c3ccccc3C2=O)cc1. The maximum Gasteiger partial charge on any atom is 0.262 e. The van der Waals surface area contributed by atoms with Gasteiger partial charge in [0.25, 0.3) is 11.8 Å². The van der Waals surface area contributed by atoms with Crippen LogP contribution in [0.4, 0.5) is 0 Å². The van der Waals surface area contributed by atoms with Crippen LogP contribution in [0.5, 0.6) is 5.75 Å². The number of ketones is 1. The minimum Gasteiger partial charge on any atom is -0.497 e. The average molecular weight is 309 g/mol. The highest BCUT2D eigenvalue weighted by molar-refractivity contribution is 6.23. The van der Waals surface area contributed by atoms with Crippen LogP contribution >= 0.6 is 0 Å². The zero-order valence-electron chi connectivity index (χ0n) is 12.8. The number of hydrogen-bond acceptors (Lipinski definition) is 4. The molecule has 5 heteroatoms. The predicted molar refractivity (Wildman–Crippen MR) is 83.7 cm³/mol. The highest BCUT2D eigenvalue weighted by Crippen LogP contribution is 2.26. The van der Waals surface area contributed by atoms with E-state index in [4.69, 9.17) is 4.74 Å². The molecule has 0 unspecified atom stereocenters. The number of amides is 2. The average Bonchev–Trinajstić information content (AvgIpc) is 2.85. The molecule has 2 aromatic rings. The fourth-order valence-corrected chi connectivity index (χ4v) is 2.67. The molecule has 1 heterocycles. The van der Waals surface area contributed by atoms with Gasteiger partial charge in [0, 0.05) is 5.56 Å². The van der Waals surface area contributed by atoms with E-state index in [9.17, 15) is 14.4 Å². The number of imide groups is 1. The first-order valence-corrected chi connectivity index (χ1v) is 7.19. The molecule has 116 valence electrons. The molecule has 1 aliphatic rings. The number of ether oxygens (including phenoxy) is 1. The zero-order chi connectivity index (χ0) is 16.6. The topological polar surface area (TPSA) is 63.7 Å². The summed E-state index contributed by atoms with van der Waals surface area (Å²) in [7, 11) is 1.54. The van der Waals surface area contributed by atoms with Gasteiger partial charge >= 0.3 is 0 Å². The summed E-state index contributed by atoms with van der Waals surface area (Å²) in [5, 5.41) is 0. The first kappa shape index (κ1) is 15.0. The fourth-order valence-electron chi connectivity index (χ4n) is 2.67. The van der Waals surface area contributed by atoms with Crippen molar-refractivity contribution in [2.45, 2.75) is 13.0 Å². The summed E-state index contributed by atoms with van der Waals surface area (Å²) >= 11 is 0. The van der Waals surface area contributed by atoms with E-state index in [0.29, 0.717) is 22.4 Å². The van der Waals surface area contributed by atoms with Gasteiger partial charge in [0.15, 0.2) is 5.78 Å². The highest BCUT2D eigenvalue weighted by Gasteiger charge is 2.40. The monoisotopic (exact) mass is 309 g/mol. The molecule has 0 N–H and O–H groups in total. The Morgan fingerprint density at radius 3 is 1.96 bits per heavy atom. The summed E-state index contributed by atoms with van der Waals surface area (Å²) in [4.78, 5) is 38.4. The zero-order valence-corrected chi connectivity index (χ0v) is 12.8. The minimum absolute atomic E-state index is 0.290. The number of Topliss-reactive ketones (excluding diaryl/α,β-unsaturated/α-hetero) is 1. The lowest BCUT2D eigenvalue weighted by Gasteiger charge is -2.21.